The van der Waals surface area contributed by atoms with Gasteiger partial charge in [-0.3, -0.25) is 4.79 Å². The van der Waals surface area contributed by atoms with Crippen molar-refractivity contribution < 1.29 is 19.0 Å². The van der Waals surface area contributed by atoms with Crippen LogP contribution in [0.1, 0.15) is 85.6 Å². The normalized spacial score (nSPS) is 18.3. The quantitative estimate of drug-likeness (QED) is 0.132. The van der Waals surface area contributed by atoms with E-state index >= 15 is 0 Å². The molecule has 0 N–H and O–H groups in total. The van der Waals surface area contributed by atoms with E-state index in [0.29, 0.717) is 5.02 Å². The monoisotopic (exact) mass is 669 g/mol. The van der Waals surface area contributed by atoms with Gasteiger partial charge in [0.15, 0.2) is 6.29 Å². The van der Waals surface area contributed by atoms with E-state index in [4.69, 9.17) is 30.8 Å². The zero-order valence-corrected chi connectivity index (χ0v) is 29.1. The zero-order valence-electron chi connectivity index (χ0n) is 27.5. The number of carbonyl (C=O) groups excluding carboxylic acids is 1. The highest BCUT2D eigenvalue weighted by Crippen LogP contribution is 2.52. The second kappa shape index (κ2) is 14.9. The molecule has 7 heteroatoms. The minimum atomic E-state index is -0.475. The Balaban J connectivity index is 1.22. The number of hydrogen-bond acceptors (Lipinski definition) is 6. The first-order chi connectivity index (χ1) is 22.7. The van der Waals surface area contributed by atoms with Crippen molar-refractivity contribution in [1.29, 1.82) is 0 Å². The number of methoxy groups -OCH3 is 1. The lowest BCUT2D eigenvalue weighted by Gasteiger charge is -2.34. The summed E-state index contributed by atoms with van der Waals surface area (Å²) in [7, 11) is 1.50. The van der Waals surface area contributed by atoms with Crippen LogP contribution in [0.5, 0.6) is 0 Å². The summed E-state index contributed by atoms with van der Waals surface area (Å²) in [6.07, 6.45) is 10.8. The number of pyridine rings is 1. The van der Waals surface area contributed by atoms with Gasteiger partial charge < -0.3 is 14.2 Å². The lowest BCUT2D eigenvalue weighted by molar-refractivity contribution is -0.219. The molecular formula is C40H44ClNO4S. The Labute approximate surface area is 288 Å². The molecule has 1 unspecified atom stereocenters. The van der Waals surface area contributed by atoms with Gasteiger partial charge in [-0.1, -0.05) is 78.3 Å². The van der Waals surface area contributed by atoms with Crippen LogP contribution >= 0.6 is 23.4 Å². The zero-order chi connectivity index (χ0) is 32.9. The summed E-state index contributed by atoms with van der Waals surface area (Å²) < 4.78 is 17.7. The van der Waals surface area contributed by atoms with Gasteiger partial charge >= 0.3 is 5.97 Å². The molecule has 1 aliphatic carbocycles. The highest BCUT2D eigenvalue weighted by atomic mass is 35.5. The van der Waals surface area contributed by atoms with Crippen LogP contribution in [0.15, 0.2) is 78.9 Å². The molecule has 0 amide bonds. The number of halogens is 1. The lowest BCUT2D eigenvalue weighted by atomic mass is 9.89. The number of benzene rings is 3. The predicted molar refractivity (Wildman–Crippen MR) is 193 cm³/mol. The van der Waals surface area contributed by atoms with Gasteiger partial charge in [-0.15, -0.1) is 0 Å². The molecule has 2 atom stereocenters. The molecule has 246 valence electrons. The number of aryl methyl sites for hydroxylation is 1. The van der Waals surface area contributed by atoms with Gasteiger partial charge in [0.05, 0.1) is 29.3 Å². The third-order valence-electron chi connectivity index (χ3n) is 9.34. The Hall–Kier alpha value is -3.16. The smallest absolute Gasteiger partial charge is 0.312 e. The summed E-state index contributed by atoms with van der Waals surface area (Å²) in [6.45, 7) is 5.06. The number of fused-ring (bicyclic) bond motifs is 1. The summed E-state index contributed by atoms with van der Waals surface area (Å²) in [4.78, 5) is 17.4. The van der Waals surface area contributed by atoms with Crippen LogP contribution in [0.3, 0.4) is 0 Å². The lowest BCUT2D eigenvalue weighted by Crippen LogP contribution is -2.33. The van der Waals surface area contributed by atoms with E-state index < -0.39 is 5.60 Å². The maximum absolute atomic E-state index is 12.6. The highest BCUT2D eigenvalue weighted by molar-refractivity contribution is 7.99. The van der Waals surface area contributed by atoms with Crippen molar-refractivity contribution in [3.63, 3.8) is 0 Å². The second-order valence-electron chi connectivity index (χ2n) is 13.3. The van der Waals surface area contributed by atoms with Gasteiger partial charge in [0, 0.05) is 28.0 Å². The summed E-state index contributed by atoms with van der Waals surface area (Å²) >= 11 is 8.09. The van der Waals surface area contributed by atoms with Crippen molar-refractivity contribution in [1.82, 2.24) is 4.98 Å². The first-order valence-electron chi connectivity index (χ1n) is 16.7. The van der Waals surface area contributed by atoms with Crippen molar-refractivity contribution in [3.05, 3.63) is 112 Å². The maximum Gasteiger partial charge on any atom is 0.312 e. The molecule has 0 bridgehead atoms. The third-order valence-corrected chi connectivity index (χ3v) is 11.2. The number of thioether (sulfide) groups is 1. The average molecular weight is 670 g/mol. The Kier molecular flexibility index (Phi) is 10.7. The number of aromatic nitrogens is 1. The summed E-state index contributed by atoms with van der Waals surface area (Å²) in [5.74, 6) is 0.669. The second-order valence-corrected chi connectivity index (χ2v) is 14.9. The van der Waals surface area contributed by atoms with Crippen LogP contribution in [-0.2, 0) is 31.0 Å². The molecule has 1 aliphatic heterocycles. The van der Waals surface area contributed by atoms with Crippen LogP contribution in [0.4, 0.5) is 0 Å². The summed E-state index contributed by atoms with van der Waals surface area (Å²) in [5.41, 5.74) is 5.77. The van der Waals surface area contributed by atoms with Gasteiger partial charge in [0.25, 0.3) is 0 Å². The number of hydrogen-bond donors (Lipinski definition) is 0. The number of carbonyl (C=O) groups is 1. The van der Waals surface area contributed by atoms with Crippen molar-refractivity contribution in [2.45, 2.75) is 75.9 Å². The Morgan fingerprint density at radius 1 is 1.06 bits per heavy atom. The van der Waals surface area contributed by atoms with Crippen molar-refractivity contribution in [2.75, 3.05) is 19.5 Å². The molecule has 2 fully saturated rings. The standard InChI is InChI=1S/C40H44ClNO4S/c1-39(2,46-37-13-6-7-24-45-37)34-12-5-4-10-29(34)17-21-36(47-27-40(22-23-40)38(43)44-3)31-11-8-9-28(25-31)14-19-33-20-16-30-15-18-32(41)26-35(30)42-33/h4-5,8-12,14-16,18-20,25-26,36-37H,6-7,13,17,21-24,27H2,1-3H3/b19-14+/t36-,37?/m1/s1. The topological polar surface area (TPSA) is 57.7 Å². The summed E-state index contributed by atoms with van der Waals surface area (Å²) in [5, 5.41) is 1.94. The molecule has 4 aromatic rings. The van der Waals surface area contributed by atoms with Gasteiger partial charge in [-0.05, 0) is 105 Å². The molecular weight excluding hydrogens is 626 g/mol. The molecule has 47 heavy (non-hydrogen) atoms. The van der Waals surface area contributed by atoms with Gasteiger partial charge in [-0.25, -0.2) is 4.98 Å². The van der Waals surface area contributed by atoms with Gasteiger partial charge in [0.2, 0.25) is 0 Å². The molecule has 0 spiro atoms. The van der Waals surface area contributed by atoms with Crippen molar-refractivity contribution >= 4 is 52.4 Å². The minimum Gasteiger partial charge on any atom is -0.469 e. The average Bonchev–Trinajstić information content (AvgIpc) is 3.88. The van der Waals surface area contributed by atoms with E-state index in [1.165, 1.54) is 23.8 Å². The van der Waals surface area contributed by atoms with Gasteiger partial charge in [-0.2, -0.15) is 11.8 Å². The van der Waals surface area contributed by atoms with Crippen molar-refractivity contribution in [3.8, 4) is 0 Å². The number of ether oxygens (including phenoxy) is 3. The van der Waals surface area contributed by atoms with E-state index in [9.17, 15) is 4.79 Å². The summed E-state index contributed by atoms with van der Waals surface area (Å²) in [6, 6.07) is 27.2. The van der Waals surface area contributed by atoms with Crippen LogP contribution < -0.4 is 0 Å². The molecule has 5 nitrogen and oxygen atoms in total. The van der Waals surface area contributed by atoms with E-state index in [0.717, 1.165) is 79.5 Å². The number of esters is 1. The van der Waals surface area contributed by atoms with Crippen LogP contribution in [0.25, 0.3) is 23.1 Å². The van der Waals surface area contributed by atoms with E-state index in [2.05, 4.69) is 74.5 Å². The SMILES string of the molecule is COC(=O)C1(CS[C@H](CCc2ccccc2C(C)(C)OC2CCCCO2)c2cccc(/C=C/c3ccc4ccc(Cl)cc4n3)c2)CC1. The predicted octanol–water partition coefficient (Wildman–Crippen LogP) is 10.2. The first-order valence-corrected chi connectivity index (χ1v) is 18.1. The van der Waals surface area contributed by atoms with Crippen LogP contribution in [0.2, 0.25) is 5.02 Å². The highest BCUT2D eigenvalue weighted by Gasteiger charge is 2.51. The molecule has 6 rings (SSSR count). The molecule has 3 aromatic carbocycles. The molecule has 1 saturated heterocycles. The van der Waals surface area contributed by atoms with Crippen LogP contribution in [0, 0.1) is 5.41 Å². The van der Waals surface area contributed by atoms with Crippen molar-refractivity contribution in [2.24, 2.45) is 5.41 Å². The van der Waals surface area contributed by atoms with E-state index in [-0.39, 0.29) is 22.9 Å². The Morgan fingerprint density at radius 3 is 2.68 bits per heavy atom. The van der Waals surface area contributed by atoms with Crippen LogP contribution in [-0.4, -0.2) is 36.7 Å². The molecule has 2 aliphatic rings. The van der Waals surface area contributed by atoms with E-state index in [1.807, 2.05) is 42.1 Å². The minimum absolute atomic E-state index is 0.0845. The molecule has 0 radical (unpaired) electrons. The fraction of sp³-hybridized carbons (Fsp3) is 0.400. The first kappa shape index (κ1) is 33.7. The Morgan fingerprint density at radius 2 is 1.89 bits per heavy atom. The molecule has 1 aromatic heterocycles. The number of rotatable bonds is 13. The largest absolute Gasteiger partial charge is 0.469 e. The molecule has 2 heterocycles. The molecule has 1 saturated carbocycles. The van der Waals surface area contributed by atoms with Gasteiger partial charge in [0.1, 0.15) is 0 Å². The fourth-order valence-electron chi connectivity index (χ4n) is 6.43. The number of nitrogens with zero attached hydrogens (tertiary/aromatic N) is 1. The maximum atomic E-state index is 12.6. The third kappa shape index (κ3) is 8.47. The van der Waals surface area contributed by atoms with E-state index in [1.54, 1.807) is 0 Å². The Bertz CT molecular complexity index is 1730. The fourth-order valence-corrected chi connectivity index (χ4v) is 8.15.